The van der Waals surface area contributed by atoms with Crippen LogP contribution in [0.2, 0.25) is 0 Å². The van der Waals surface area contributed by atoms with E-state index in [1.807, 2.05) is 48.5 Å². The Kier molecular flexibility index (Phi) is 5.27. The summed E-state index contributed by atoms with van der Waals surface area (Å²) in [6.45, 7) is 0.836. The van der Waals surface area contributed by atoms with Crippen LogP contribution >= 0.6 is 34.0 Å². The van der Waals surface area contributed by atoms with Gasteiger partial charge in [0.05, 0.1) is 30.9 Å². The van der Waals surface area contributed by atoms with Gasteiger partial charge in [-0.25, -0.2) is 9.97 Å². The second kappa shape index (κ2) is 8.80. The Morgan fingerprint density at radius 1 is 0.649 bits per heavy atom. The summed E-state index contributed by atoms with van der Waals surface area (Å²) in [6.07, 6.45) is 0. The summed E-state index contributed by atoms with van der Waals surface area (Å²) in [6, 6.07) is 18.7. The van der Waals surface area contributed by atoms with Crippen LogP contribution in [0.5, 0.6) is 11.5 Å². The number of aromatic nitrogens is 2. The Labute approximate surface area is 222 Å². The molecule has 37 heavy (non-hydrogen) atoms. The molecule has 2 aromatic carbocycles. The predicted molar refractivity (Wildman–Crippen MR) is 144 cm³/mol. The first kappa shape index (κ1) is 22.2. The number of ether oxygens (including phenoxy) is 2. The third-order valence-electron chi connectivity index (χ3n) is 5.89. The van der Waals surface area contributed by atoms with E-state index < -0.39 is 0 Å². The molecule has 0 fully saturated rings. The molecule has 5 aromatic rings. The van der Waals surface area contributed by atoms with Crippen molar-refractivity contribution in [3.8, 4) is 34.0 Å². The molecule has 3 aromatic heterocycles. The lowest BCUT2D eigenvalue weighted by Crippen LogP contribution is -2.11. The highest BCUT2D eigenvalue weighted by Crippen LogP contribution is 2.42. The largest absolute Gasteiger partial charge is 0.487 e. The van der Waals surface area contributed by atoms with Gasteiger partial charge in [0.1, 0.15) is 24.7 Å². The number of nitrogens with one attached hydrogen (secondary N) is 2. The Balaban J connectivity index is 1.05. The van der Waals surface area contributed by atoms with Gasteiger partial charge in [0.15, 0.2) is 10.3 Å². The predicted octanol–water partition coefficient (Wildman–Crippen LogP) is 6.28. The number of carbonyl (C=O) groups is 2. The van der Waals surface area contributed by atoms with Crippen LogP contribution in [0, 0.1) is 0 Å². The normalized spacial score (nSPS) is 12.8. The zero-order valence-electron chi connectivity index (χ0n) is 18.9. The number of benzene rings is 2. The fraction of sp³-hybridized carbons (Fsp3) is 0.0769. The number of rotatable bonds is 4. The van der Waals surface area contributed by atoms with Crippen molar-refractivity contribution in [3.05, 3.63) is 80.2 Å². The number of thiophene rings is 1. The molecule has 182 valence electrons. The van der Waals surface area contributed by atoms with Gasteiger partial charge in [-0.05, 0) is 36.4 Å². The summed E-state index contributed by atoms with van der Waals surface area (Å²) >= 11 is 3.88. The van der Waals surface area contributed by atoms with Crippen molar-refractivity contribution in [2.45, 2.75) is 13.2 Å². The number of hydrogen-bond acceptors (Lipinski definition) is 9. The molecule has 0 aliphatic carbocycles. The molecule has 8 nitrogen and oxygen atoms in total. The molecular weight excluding hydrogens is 529 g/mol. The summed E-state index contributed by atoms with van der Waals surface area (Å²) < 4.78 is 11.6. The highest BCUT2D eigenvalue weighted by molar-refractivity contribution is 7.18. The maximum atomic E-state index is 12.9. The van der Waals surface area contributed by atoms with E-state index in [-0.39, 0.29) is 11.8 Å². The van der Waals surface area contributed by atoms with E-state index in [1.54, 1.807) is 12.1 Å². The van der Waals surface area contributed by atoms with Crippen molar-refractivity contribution >= 4 is 56.1 Å². The molecule has 7 rings (SSSR count). The number of para-hydroxylation sites is 2. The highest BCUT2D eigenvalue weighted by Gasteiger charge is 2.25. The molecule has 0 saturated carbocycles. The first-order valence-electron chi connectivity index (χ1n) is 11.3. The highest BCUT2D eigenvalue weighted by atomic mass is 32.1. The molecule has 2 N–H and O–H groups in total. The van der Waals surface area contributed by atoms with Crippen LogP contribution in [-0.2, 0) is 13.2 Å². The summed E-state index contributed by atoms with van der Waals surface area (Å²) in [5.41, 5.74) is 3.48. The summed E-state index contributed by atoms with van der Waals surface area (Å²) in [4.78, 5) is 37.8. The average molecular weight is 545 g/mol. The number of thiazole rings is 2. The van der Waals surface area contributed by atoms with Gasteiger partial charge >= 0.3 is 0 Å². The molecule has 2 amide bonds. The molecule has 2 aliphatic heterocycles. The standard InChI is InChI=1S/C26H16N4O4S3/c31-23(29-25-27-21-13-5-1-3-7-15(13)33-11-19(21)36-25)17-9-10-18(35-17)24(32)30-26-28-22-14-6-2-4-8-16(14)34-12-20(22)37-26/h1-10H,11-12H2,(H,27,29,31)(H,28,30,32). The molecular formula is C26H16N4O4S3. The first-order chi connectivity index (χ1) is 18.1. The summed E-state index contributed by atoms with van der Waals surface area (Å²) in [7, 11) is 0. The van der Waals surface area contributed by atoms with Gasteiger partial charge in [0, 0.05) is 11.1 Å². The average Bonchev–Trinajstić information content (AvgIpc) is 3.66. The van der Waals surface area contributed by atoms with Gasteiger partial charge in [-0.3, -0.25) is 20.2 Å². The third-order valence-corrected chi connectivity index (χ3v) is 8.86. The topological polar surface area (TPSA) is 102 Å². The van der Waals surface area contributed by atoms with E-state index in [4.69, 9.17) is 9.47 Å². The molecule has 2 aliphatic rings. The lowest BCUT2D eigenvalue weighted by Gasteiger charge is -2.15. The van der Waals surface area contributed by atoms with E-state index in [9.17, 15) is 9.59 Å². The second-order valence-corrected chi connectivity index (χ2v) is 11.5. The number of anilines is 2. The monoisotopic (exact) mass is 544 g/mol. The fourth-order valence-electron chi connectivity index (χ4n) is 4.19. The minimum Gasteiger partial charge on any atom is -0.487 e. The van der Waals surface area contributed by atoms with Crippen LogP contribution in [0.1, 0.15) is 29.1 Å². The van der Waals surface area contributed by atoms with E-state index in [2.05, 4.69) is 20.6 Å². The van der Waals surface area contributed by atoms with E-state index in [1.165, 1.54) is 22.7 Å². The van der Waals surface area contributed by atoms with Crippen LogP contribution in [-0.4, -0.2) is 21.8 Å². The zero-order valence-corrected chi connectivity index (χ0v) is 21.4. The molecule has 0 unspecified atom stereocenters. The minimum atomic E-state index is -0.317. The fourth-order valence-corrected chi connectivity index (χ4v) is 6.75. The number of fused-ring (bicyclic) bond motifs is 6. The lowest BCUT2D eigenvalue weighted by atomic mass is 10.1. The Morgan fingerprint density at radius 3 is 1.59 bits per heavy atom. The van der Waals surface area contributed by atoms with Gasteiger partial charge in [-0.2, -0.15) is 0 Å². The van der Waals surface area contributed by atoms with Crippen molar-refractivity contribution < 1.29 is 19.1 Å². The summed E-state index contributed by atoms with van der Waals surface area (Å²) in [5, 5.41) is 6.70. The first-order valence-corrected chi connectivity index (χ1v) is 13.7. The molecule has 11 heteroatoms. The van der Waals surface area contributed by atoms with Crippen molar-refractivity contribution in [3.63, 3.8) is 0 Å². The van der Waals surface area contributed by atoms with Crippen LogP contribution in [0.25, 0.3) is 22.5 Å². The Bertz CT molecular complexity index is 1580. The van der Waals surface area contributed by atoms with Crippen LogP contribution in [0.4, 0.5) is 10.3 Å². The van der Waals surface area contributed by atoms with Gasteiger partial charge in [0.2, 0.25) is 0 Å². The van der Waals surface area contributed by atoms with E-state index >= 15 is 0 Å². The maximum Gasteiger partial charge on any atom is 0.267 e. The SMILES string of the molecule is O=C(Nc1nc2c(s1)COc1ccccc1-2)c1ccc(C(=O)Nc2nc3c(s2)COc2ccccc2-3)s1. The Morgan fingerprint density at radius 2 is 1.11 bits per heavy atom. The number of hydrogen-bond donors (Lipinski definition) is 2. The van der Waals surface area contributed by atoms with Crippen molar-refractivity contribution in [1.82, 2.24) is 9.97 Å². The van der Waals surface area contributed by atoms with E-state index in [0.29, 0.717) is 33.2 Å². The number of nitrogens with zero attached hydrogens (tertiary/aromatic N) is 2. The van der Waals surface area contributed by atoms with Gasteiger partial charge in [-0.1, -0.05) is 46.9 Å². The van der Waals surface area contributed by atoms with Gasteiger partial charge in [-0.15, -0.1) is 11.3 Å². The maximum absolute atomic E-state index is 12.9. The zero-order chi connectivity index (χ0) is 24.9. The van der Waals surface area contributed by atoms with E-state index in [0.717, 1.165) is 55.1 Å². The summed E-state index contributed by atoms with van der Waals surface area (Å²) in [5.74, 6) is 0.931. The molecule has 0 radical (unpaired) electrons. The Hall–Kier alpha value is -4.06. The number of carbonyl (C=O) groups excluding carboxylic acids is 2. The lowest BCUT2D eigenvalue weighted by molar-refractivity contribution is 0.102. The van der Waals surface area contributed by atoms with Crippen molar-refractivity contribution in [2.75, 3.05) is 10.6 Å². The molecule has 0 bridgehead atoms. The quantitative estimate of drug-likeness (QED) is 0.276. The minimum absolute atomic E-state index is 0.317. The van der Waals surface area contributed by atoms with Crippen molar-refractivity contribution in [2.24, 2.45) is 0 Å². The van der Waals surface area contributed by atoms with Crippen LogP contribution in [0.15, 0.2) is 60.7 Å². The molecule has 0 saturated heterocycles. The van der Waals surface area contributed by atoms with Crippen LogP contribution in [0.3, 0.4) is 0 Å². The number of amides is 2. The molecule has 0 atom stereocenters. The van der Waals surface area contributed by atoms with Crippen LogP contribution < -0.4 is 20.1 Å². The third kappa shape index (κ3) is 3.97. The van der Waals surface area contributed by atoms with Crippen molar-refractivity contribution in [1.29, 1.82) is 0 Å². The van der Waals surface area contributed by atoms with Gasteiger partial charge in [0.25, 0.3) is 11.8 Å². The second-order valence-electron chi connectivity index (χ2n) is 8.22. The molecule has 0 spiro atoms. The van der Waals surface area contributed by atoms with Gasteiger partial charge < -0.3 is 9.47 Å². The molecule has 5 heterocycles. The smallest absolute Gasteiger partial charge is 0.267 e.